The van der Waals surface area contributed by atoms with E-state index >= 15 is 0 Å². The average molecular weight is 276 g/mol. The normalized spacial score (nSPS) is 22.7. The number of nitrogens with one attached hydrogen (secondary N) is 1. The van der Waals surface area contributed by atoms with Crippen molar-refractivity contribution < 1.29 is 9.47 Å². The molecule has 4 nitrogen and oxygen atoms in total. The standard InChI is InChI=1S/C16H24N2O2/c1-4-9-18(10-5-1)11-8-17-12-14-13-19-15-6-2-3-7-16(15)20-14/h2-3,6-7,14,17H,1,4-5,8-13H2. The Hall–Kier alpha value is -1.26. The van der Waals surface area contributed by atoms with E-state index in [1.54, 1.807) is 0 Å². The Labute approximate surface area is 121 Å². The van der Waals surface area contributed by atoms with E-state index in [9.17, 15) is 0 Å². The maximum atomic E-state index is 5.92. The first-order valence-electron chi connectivity index (χ1n) is 7.73. The molecule has 2 aliphatic rings. The molecule has 1 unspecified atom stereocenters. The van der Waals surface area contributed by atoms with E-state index in [0.29, 0.717) is 6.61 Å². The molecule has 2 heterocycles. The van der Waals surface area contributed by atoms with Gasteiger partial charge in [0.05, 0.1) is 0 Å². The molecule has 3 rings (SSSR count). The van der Waals surface area contributed by atoms with Gasteiger partial charge in [-0.3, -0.25) is 0 Å². The van der Waals surface area contributed by atoms with Crippen LogP contribution in [-0.2, 0) is 0 Å². The van der Waals surface area contributed by atoms with Gasteiger partial charge in [-0.15, -0.1) is 0 Å². The molecule has 110 valence electrons. The lowest BCUT2D eigenvalue weighted by molar-refractivity contribution is 0.0896. The highest BCUT2D eigenvalue weighted by atomic mass is 16.6. The number of benzene rings is 1. The Morgan fingerprint density at radius 3 is 2.75 bits per heavy atom. The van der Waals surface area contributed by atoms with Crippen LogP contribution in [0.3, 0.4) is 0 Å². The molecule has 0 saturated carbocycles. The molecule has 4 heteroatoms. The summed E-state index contributed by atoms with van der Waals surface area (Å²) in [5, 5.41) is 3.49. The van der Waals surface area contributed by atoms with E-state index in [0.717, 1.165) is 31.1 Å². The van der Waals surface area contributed by atoms with E-state index < -0.39 is 0 Å². The lowest BCUT2D eigenvalue weighted by Crippen LogP contribution is -2.42. The third kappa shape index (κ3) is 3.64. The van der Waals surface area contributed by atoms with Gasteiger partial charge in [-0.05, 0) is 38.1 Å². The zero-order valence-corrected chi connectivity index (χ0v) is 12.0. The Balaban J connectivity index is 1.35. The largest absolute Gasteiger partial charge is 0.486 e. The number of para-hydroxylation sites is 2. The van der Waals surface area contributed by atoms with Crippen LogP contribution >= 0.6 is 0 Å². The van der Waals surface area contributed by atoms with E-state index in [1.807, 2.05) is 24.3 Å². The SMILES string of the molecule is c1ccc2c(c1)OCC(CNCCN1CCCCC1)O2. The second kappa shape index (κ2) is 6.95. The van der Waals surface area contributed by atoms with Gasteiger partial charge in [-0.25, -0.2) is 0 Å². The first-order chi connectivity index (χ1) is 9.92. The van der Waals surface area contributed by atoms with Gasteiger partial charge >= 0.3 is 0 Å². The van der Waals surface area contributed by atoms with Crippen LogP contribution in [0.2, 0.25) is 0 Å². The van der Waals surface area contributed by atoms with E-state index in [1.165, 1.54) is 32.4 Å². The van der Waals surface area contributed by atoms with Gasteiger partial charge in [0.15, 0.2) is 11.5 Å². The van der Waals surface area contributed by atoms with Crippen LogP contribution in [0.15, 0.2) is 24.3 Å². The molecule has 0 aromatic heterocycles. The summed E-state index contributed by atoms with van der Waals surface area (Å²) in [6.45, 7) is 6.18. The highest BCUT2D eigenvalue weighted by molar-refractivity contribution is 5.40. The second-order valence-electron chi connectivity index (χ2n) is 5.60. The monoisotopic (exact) mass is 276 g/mol. The van der Waals surface area contributed by atoms with Crippen LogP contribution in [0, 0.1) is 0 Å². The lowest BCUT2D eigenvalue weighted by Gasteiger charge is -2.28. The minimum Gasteiger partial charge on any atom is -0.486 e. The van der Waals surface area contributed by atoms with E-state index in [4.69, 9.17) is 9.47 Å². The topological polar surface area (TPSA) is 33.7 Å². The molecule has 0 amide bonds. The molecule has 1 fully saturated rings. The zero-order valence-electron chi connectivity index (χ0n) is 12.0. The van der Waals surface area contributed by atoms with E-state index in [2.05, 4.69) is 10.2 Å². The molecule has 1 N–H and O–H groups in total. The van der Waals surface area contributed by atoms with Gasteiger partial charge in [-0.1, -0.05) is 18.6 Å². The summed E-state index contributed by atoms with van der Waals surface area (Å²) in [5.41, 5.74) is 0. The second-order valence-corrected chi connectivity index (χ2v) is 5.60. The molecule has 1 atom stereocenters. The van der Waals surface area contributed by atoms with Crippen molar-refractivity contribution in [1.82, 2.24) is 10.2 Å². The highest BCUT2D eigenvalue weighted by Crippen LogP contribution is 2.30. The van der Waals surface area contributed by atoms with E-state index in [-0.39, 0.29) is 6.10 Å². The number of likely N-dealkylation sites (tertiary alicyclic amines) is 1. The number of rotatable bonds is 5. The predicted octanol–water partition coefficient (Wildman–Crippen LogP) is 1.90. The molecule has 0 spiro atoms. The lowest BCUT2D eigenvalue weighted by atomic mass is 10.1. The smallest absolute Gasteiger partial charge is 0.161 e. The number of ether oxygens (including phenoxy) is 2. The van der Waals surface area contributed by atoms with Crippen molar-refractivity contribution in [3.8, 4) is 11.5 Å². The first-order valence-corrected chi connectivity index (χ1v) is 7.73. The fourth-order valence-electron chi connectivity index (χ4n) is 2.85. The summed E-state index contributed by atoms with van der Waals surface area (Å²) in [7, 11) is 0. The molecule has 0 radical (unpaired) electrons. The first kappa shape index (κ1) is 13.7. The van der Waals surface area contributed by atoms with Crippen LogP contribution in [0.4, 0.5) is 0 Å². The summed E-state index contributed by atoms with van der Waals surface area (Å²) in [6, 6.07) is 7.87. The third-order valence-corrected chi connectivity index (χ3v) is 3.99. The molecule has 2 aliphatic heterocycles. The molecule has 0 aliphatic carbocycles. The Kier molecular flexibility index (Phi) is 4.77. The number of fused-ring (bicyclic) bond motifs is 1. The van der Waals surface area contributed by atoms with Crippen LogP contribution < -0.4 is 14.8 Å². The van der Waals surface area contributed by atoms with Crippen LogP contribution in [-0.4, -0.2) is 50.3 Å². The third-order valence-electron chi connectivity index (χ3n) is 3.99. The number of piperidine rings is 1. The maximum absolute atomic E-state index is 5.92. The van der Waals surface area contributed by atoms with Crippen LogP contribution in [0.1, 0.15) is 19.3 Å². The van der Waals surface area contributed by atoms with Gasteiger partial charge in [0.25, 0.3) is 0 Å². The molecular formula is C16H24N2O2. The number of nitrogens with zero attached hydrogens (tertiary/aromatic N) is 1. The zero-order chi connectivity index (χ0) is 13.6. The van der Waals surface area contributed by atoms with Crippen molar-refractivity contribution in [3.05, 3.63) is 24.3 Å². The molecule has 20 heavy (non-hydrogen) atoms. The number of hydrogen-bond donors (Lipinski definition) is 1. The minimum absolute atomic E-state index is 0.117. The number of hydrogen-bond acceptors (Lipinski definition) is 4. The quantitative estimate of drug-likeness (QED) is 0.833. The summed E-state index contributed by atoms with van der Waals surface area (Å²) >= 11 is 0. The Morgan fingerprint density at radius 1 is 1.10 bits per heavy atom. The van der Waals surface area contributed by atoms with Gasteiger partial charge < -0.3 is 19.7 Å². The Morgan fingerprint density at radius 2 is 1.90 bits per heavy atom. The van der Waals surface area contributed by atoms with Gasteiger partial charge in [0.2, 0.25) is 0 Å². The molecule has 1 saturated heterocycles. The fourth-order valence-corrected chi connectivity index (χ4v) is 2.85. The molecule has 0 bridgehead atoms. The van der Waals surface area contributed by atoms with Gasteiger partial charge in [0, 0.05) is 19.6 Å². The summed E-state index contributed by atoms with van der Waals surface area (Å²) in [4.78, 5) is 2.55. The van der Waals surface area contributed by atoms with Crippen LogP contribution in [0.25, 0.3) is 0 Å². The summed E-state index contributed by atoms with van der Waals surface area (Å²) in [6.07, 6.45) is 4.23. The van der Waals surface area contributed by atoms with Crippen molar-refractivity contribution in [1.29, 1.82) is 0 Å². The van der Waals surface area contributed by atoms with Crippen molar-refractivity contribution in [3.63, 3.8) is 0 Å². The summed E-state index contributed by atoms with van der Waals surface area (Å²) < 4.78 is 11.6. The predicted molar refractivity (Wildman–Crippen MR) is 79.5 cm³/mol. The maximum Gasteiger partial charge on any atom is 0.161 e. The van der Waals surface area contributed by atoms with Crippen molar-refractivity contribution in [2.45, 2.75) is 25.4 Å². The van der Waals surface area contributed by atoms with Gasteiger partial charge in [-0.2, -0.15) is 0 Å². The van der Waals surface area contributed by atoms with Crippen molar-refractivity contribution in [2.24, 2.45) is 0 Å². The average Bonchev–Trinajstić information content (AvgIpc) is 2.52. The fraction of sp³-hybridized carbons (Fsp3) is 0.625. The van der Waals surface area contributed by atoms with Gasteiger partial charge in [0.1, 0.15) is 12.7 Å². The Bertz CT molecular complexity index is 419. The highest BCUT2D eigenvalue weighted by Gasteiger charge is 2.20. The van der Waals surface area contributed by atoms with Crippen LogP contribution in [0.5, 0.6) is 11.5 Å². The van der Waals surface area contributed by atoms with Crippen molar-refractivity contribution in [2.75, 3.05) is 39.3 Å². The van der Waals surface area contributed by atoms with Crippen molar-refractivity contribution >= 4 is 0 Å². The summed E-state index contributed by atoms with van der Waals surface area (Å²) in [5.74, 6) is 1.72. The molecular weight excluding hydrogens is 252 g/mol. The minimum atomic E-state index is 0.117. The molecule has 1 aromatic rings. The molecule has 1 aromatic carbocycles.